The minimum atomic E-state index is -0.333. The van der Waals surface area contributed by atoms with Crippen LogP contribution in [0, 0.1) is 5.82 Å². The molecular weight excluding hydrogens is 195 g/mol. The number of hydrogen-bond acceptors (Lipinski definition) is 3. The topological polar surface area (TPSA) is 46.0 Å². The van der Waals surface area contributed by atoms with Crippen molar-refractivity contribution in [2.45, 2.75) is 6.61 Å². The SMILES string of the molecule is OCc1nccc(-c2ccccc2F)n1. The van der Waals surface area contributed by atoms with Crippen LogP contribution in [0.4, 0.5) is 4.39 Å². The lowest BCUT2D eigenvalue weighted by Gasteiger charge is -2.02. The number of aliphatic hydroxyl groups excluding tert-OH is 1. The van der Waals surface area contributed by atoms with Crippen molar-refractivity contribution in [1.29, 1.82) is 0 Å². The summed E-state index contributed by atoms with van der Waals surface area (Å²) in [6.07, 6.45) is 1.50. The number of aromatic nitrogens is 2. The average molecular weight is 204 g/mol. The summed E-state index contributed by atoms with van der Waals surface area (Å²) >= 11 is 0. The molecule has 0 aliphatic carbocycles. The summed E-state index contributed by atoms with van der Waals surface area (Å²) in [4.78, 5) is 7.85. The van der Waals surface area contributed by atoms with Gasteiger partial charge in [0.1, 0.15) is 12.4 Å². The first-order chi connectivity index (χ1) is 7.31. The Hall–Kier alpha value is -1.81. The highest BCUT2D eigenvalue weighted by Gasteiger charge is 2.05. The molecule has 76 valence electrons. The predicted molar refractivity (Wildman–Crippen MR) is 53.3 cm³/mol. The molecule has 0 radical (unpaired) electrons. The van der Waals surface area contributed by atoms with E-state index in [9.17, 15) is 4.39 Å². The van der Waals surface area contributed by atoms with Crippen LogP contribution in [0.2, 0.25) is 0 Å². The maximum absolute atomic E-state index is 13.4. The Bertz CT molecular complexity index is 474. The maximum Gasteiger partial charge on any atom is 0.154 e. The quantitative estimate of drug-likeness (QED) is 0.810. The van der Waals surface area contributed by atoms with Crippen LogP contribution >= 0.6 is 0 Å². The Labute approximate surface area is 86.3 Å². The van der Waals surface area contributed by atoms with Crippen LogP contribution in [0.1, 0.15) is 5.82 Å². The van der Waals surface area contributed by atoms with Crippen molar-refractivity contribution in [2.75, 3.05) is 0 Å². The van der Waals surface area contributed by atoms with Gasteiger partial charge in [0, 0.05) is 11.8 Å². The van der Waals surface area contributed by atoms with Crippen molar-refractivity contribution in [3.05, 3.63) is 48.2 Å². The zero-order chi connectivity index (χ0) is 10.7. The predicted octanol–water partition coefficient (Wildman–Crippen LogP) is 1.77. The van der Waals surface area contributed by atoms with Gasteiger partial charge in [-0.05, 0) is 18.2 Å². The van der Waals surface area contributed by atoms with E-state index in [2.05, 4.69) is 9.97 Å². The number of halogens is 1. The summed E-state index contributed by atoms with van der Waals surface area (Å²) in [5, 5.41) is 8.86. The van der Waals surface area contributed by atoms with E-state index in [0.29, 0.717) is 11.3 Å². The van der Waals surface area contributed by atoms with Gasteiger partial charge in [0.15, 0.2) is 5.82 Å². The monoisotopic (exact) mass is 204 g/mol. The van der Waals surface area contributed by atoms with Crippen molar-refractivity contribution >= 4 is 0 Å². The summed E-state index contributed by atoms with van der Waals surface area (Å²) in [5.74, 6) is -0.0455. The molecule has 1 N–H and O–H groups in total. The van der Waals surface area contributed by atoms with Crippen LogP contribution in [0.15, 0.2) is 36.5 Å². The van der Waals surface area contributed by atoms with Crippen LogP contribution in [0.5, 0.6) is 0 Å². The van der Waals surface area contributed by atoms with Gasteiger partial charge < -0.3 is 5.11 Å². The number of rotatable bonds is 2. The van der Waals surface area contributed by atoms with Gasteiger partial charge in [-0.2, -0.15) is 0 Å². The highest BCUT2D eigenvalue weighted by atomic mass is 19.1. The van der Waals surface area contributed by atoms with Gasteiger partial charge in [-0.25, -0.2) is 14.4 Å². The molecule has 0 aliphatic rings. The van der Waals surface area contributed by atoms with Crippen LogP contribution in [0.3, 0.4) is 0 Å². The molecule has 0 spiro atoms. The molecule has 2 rings (SSSR count). The summed E-state index contributed by atoms with van der Waals surface area (Å²) in [5.41, 5.74) is 0.891. The van der Waals surface area contributed by atoms with E-state index in [1.165, 1.54) is 12.3 Å². The lowest BCUT2D eigenvalue weighted by Crippen LogP contribution is -1.96. The average Bonchev–Trinajstić information content (AvgIpc) is 2.30. The summed E-state index contributed by atoms with van der Waals surface area (Å²) in [6, 6.07) is 7.97. The normalized spacial score (nSPS) is 10.3. The molecule has 15 heavy (non-hydrogen) atoms. The smallest absolute Gasteiger partial charge is 0.154 e. The van der Waals surface area contributed by atoms with Gasteiger partial charge in [-0.3, -0.25) is 0 Å². The number of nitrogens with zero attached hydrogens (tertiary/aromatic N) is 2. The lowest BCUT2D eigenvalue weighted by molar-refractivity contribution is 0.271. The molecule has 0 amide bonds. The Morgan fingerprint density at radius 1 is 1.20 bits per heavy atom. The fourth-order valence-electron chi connectivity index (χ4n) is 1.29. The zero-order valence-electron chi connectivity index (χ0n) is 7.89. The first-order valence-corrected chi connectivity index (χ1v) is 4.49. The highest BCUT2D eigenvalue weighted by molar-refractivity contribution is 5.59. The van der Waals surface area contributed by atoms with E-state index in [0.717, 1.165) is 0 Å². The van der Waals surface area contributed by atoms with Crippen LogP contribution < -0.4 is 0 Å². The molecular formula is C11H9FN2O. The summed E-state index contributed by atoms with van der Waals surface area (Å²) in [6.45, 7) is -0.248. The molecule has 2 aromatic rings. The van der Waals surface area contributed by atoms with Crippen LogP contribution in [-0.4, -0.2) is 15.1 Å². The molecule has 0 saturated carbocycles. The van der Waals surface area contributed by atoms with E-state index < -0.39 is 0 Å². The summed E-state index contributed by atoms with van der Waals surface area (Å²) in [7, 11) is 0. The van der Waals surface area contributed by atoms with Gasteiger partial charge in [-0.15, -0.1) is 0 Å². The summed E-state index contributed by atoms with van der Waals surface area (Å²) < 4.78 is 13.4. The fourth-order valence-corrected chi connectivity index (χ4v) is 1.29. The van der Waals surface area contributed by atoms with Crippen molar-refractivity contribution in [2.24, 2.45) is 0 Å². The Morgan fingerprint density at radius 2 is 2.00 bits per heavy atom. The van der Waals surface area contributed by atoms with Crippen molar-refractivity contribution < 1.29 is 9.50 Å². The molecule has 3 nitrogen and oxygen atoms in total. The molecule has 1 aromatic heterocycles. The molecule has 0 unspecified atom stereocenters. The van der Waals surface area contributed by atoms with Gasteiger partial charge >= 0.3 is 0 Å². The Kier molecular flexibility index (Phi) is 2.69. The molecule has 0 bridgehead atoms. The second-order valence-corrected chi connectivity index (χ2v) is 3.00. The molecule has 0 saturated heterocycles. The largest absolute Gasteiger partial charge is 0.388 e. The van der Waals surface area contributed by atoms with Crippen molar-refractivity contribution in [3.63, 3.8) is 0 Å². The first-order valence-electron chi connectivity index (χ1n) is 4.49. The molecule has 4 heteroatoms. The maximum atomic E-state index is 13.4. The van der Waals surface area contributed by atoms with Crippen LogP contribution in [0.25, 0.3) is 11.3 Å². The van der Waals surface area contributed by atoms with E-state index in [-0.39, 0.29) is 18.2 Å². The fraction of sp³-hybridized carbons (Fsp3) is 0.0909. The number of hydrogen-bond donors (Lipinski definition) is 1. The van der Waals surface area contributed by atoms with Gasteiger partial charge in [0.2, 0.25) is 0 Å². The minimum absolute atomic E-state index is 0.248. The molecule has 1 heterocycles. The molecule has 1 aromatic carbocycles. The highest BCUT2D eigenvalue weighted by Crippen LogP contribution is 2.19. The Morgan fingerprint density at radius 3 is 2.73 bits per heavy atom. The van der Waals surface area contributed by atoms with E-state index in [1.807, 2.05) is 0 Å². The third kappa shape index (κ3) is 1.99. The second kappa shape index (κ2) is 4.14. The standard InChI is InChI=1S/C11H9FN2O/c12-9-4-2-1-3-8(9)10-5-6-13-11(7-15)14-10/h1-6,15H,7H2. The minimum Gasteiger partial charge on any atom is -0.388 e. The number of benzene rings is 1. The van der Waals surface area contributed by atoms with E-state index in [1.54, 1.807) is 24.3 Å². The third-order valence-electron chi connectivity index (χ3n) is 2.00. The van der Waals surface area contributed by atoms with Crippen molar-refractivity contribution in [1.82, 2.24) is 9.97 Å². The van der Waals surface area contributed by atoms with Gasteiger partial charge in [0.05, 0.1) is 5.69 Å². The van der Waals surface area contributed by atoms with Gasteiger partial charge in [0.25, 0.3) is 0 Å². The lowest BCUT2D eigenvalue weighted by atomic mass is 10.1. The first kappa shape index (κ1) is 9.73. The van der Waals surface area contributed by atoms with Gasteiger partial charge in [-0.1, -0.05) is 12.1 Å². The molecule has 0 aliphatic heterocycles. The number of aliphatic hydroxyl groups is 1. The Balaban J connectivity index is 2.49. The molecule has 0 atom stereocenters. The van der Waals surface area contributed by atoms with E-state index in [4.69, 9.17) is 5.11 Å². The van der Waals surface area contributed by atoms with E-state index >= 15 is 0 Å². The van der Waals surface area contributed by atoms with Crippen molar-refractivity contribution in [3.8, 4) is 11.3 Å². The zero-order valence-corrected chi connectivity index (χ0v) is 7.89. The molecule has 0 fully saturated rings. The second-order valence-electron chi connectivity index (χ2n) is 3.00. The van der Waals surface area contributed by atoms with Crippen LogP contribution in [-0.2, 0) is 6.61 Å². The third-order valence-corrected chi connectivity index (χ3v) is 2.00.